The van der Waals surface area contributed by atoms with E-state index < -0.39 is 10.1 Å². The Kier molecular flexibility index (Phi) is 5.47. The SMILES string of the molecule is Cc1ccc(S(=O)(=O)Oc2ccccc2-c2ccc(OC(C)(C)C)cc2)cc1. The Morgan fingerprint density at radius 1 is 0.786 bits per heavy atom. The second-order valence-corrected chi connectivity index (χ2v) is 9.13. The van der Waals surface area contributed by atoms with Crippen molar-refractivity contribution in [2.24, 2.45) is 0 Å². The van der Waals surface area contributed by atoms with E-state index in [9.17, 15) is 8.42 Å². The van der Waals surface area contributed by atoms with Crippen LogP contribution < -0.4 is 8.92 Å². The van der Waals surface area contributed by atoms with Crippen molar-refractivity contribution in [1.82, 2.24) is 0 Å². The van der Waals surface area contributed by atoms with Crippen molar-refractivity contribution in [3.05, 3.63) is 78.4 Å². The van der Waals surface area contributed by atoms with Crippen LogP contribution in [0.5, 0.6) is 11.5 Å². The molecule has 0 aromatic heterocycles. The van der Waals surface area contributed by atoms with E-state index in [2.05, 4.69) is 0 Å². The number of hydrogen-bond acceptors (Lipinski definition) is 4. The molecule has 4 nitrogen and oxygen atoms in total. The molecule has 0 spiro atoms. The first-order chi connectivity index (χ1) is 13.1. The van der Waals surface area contributed by atoms with E-state index in [1.165, 1.54) is 0 Å². The van der Waals surface area contributed by atoms with Crippen LogP contribution in [-0.2, 0) is 10.1 Å². The van der Waals surface area contributed by atoms with Crippen molar-refractivity contribution in [2.75, 3.05) is 0 Å². The van der Waals surface area contributed by atoms with Gasteiger partial charge in [-0.25, -0.2) is 0 Å². The van der Waals surface area contributed by atoms with E-state index in [-0.39, 0.29) is 16.2 Å². The molecule has 0 saturated heterocycles. The highest BCUT2D eigenvalue weighted by atomic mass is 32.2. The zero-order valence-electron chi connectivity index (χ0n) is 16.5. The molecule has 0 fully saturated rings. The average Bonchev–Trinajstić information content (AvgIpc) is 2.62. The van der Waals surface area contributed by atoms with E-state index in [1.807, 2.05) is 64.1 Å². The molecule has 0 aliphatic heterocycles. The zero-order valence-corrected chi connectivity index (χ0v) is 17.3. The molecule has 0 heterocycles. The third-order valence-corrected chi connectivity index (χ3v) is 5.23. The van der Waals surface area contributed by atoms with Crippen molar-refractivity contribution in [3.63, 3.8) is 0 Å². The summed E-state index contributed by atoms with van der Waals surface area (Å²) in [5, 5.41) is 0. The van der Waals surface area contributed by atoms with Gasteiger partial charge in [-0.1, -0.05) is 48.0 Å². The highest BCUT2D eigenvalue weighted by Crippen LogP contribution is 2.33. The lowest BCUT2D eigenvalue weighted by Crippen LogP contribution is -2.22. The lowest BCUT2D eigenvalue weighted by Gasteiger charge is -2.21. The minimum absolute atomic E-state index is 0.127. The summed E-state index contributed by atoms with van der Waals surface area (Å²) in [5.41, 5.74) is 2.23. The van der Waals surface area contributed by atoms with Crippen molar-refractivity contribution >= 4 is 10.1 Å². The first-order valence-electron chi connectivity index (χ1n) is 9.04. The highest BCUT2D eigenvalue weighted by Gasteiger charge is 2.19. The highest BCUT2D eigenvalue weighted by molar-refractivity contribution is 7.87. The number of hydrogen-bond donors (Lipinski definition) is 0. The molecule has 3 rings (SSSR count). The van der Waals surface area contributed by atoms with Gasteiger partial charge in [-0.2, -0.15) is 8.42 Å². The van der Waals surface area contributed by atoms with Crippen molar-refractivity contribution in [2.45, 2.75) is 38.2 Å². The minimum Gasteiger partial charge on any atom is -0.488 e. The lowest BCUT2D eigenvalue weighted by molar-refractivity contribution is 0.131. The predicted octanol–water partition coefficient (Wildman–Crippen LogP) is 5.61. The number of rotatable bonds is 5. The monoisotopic (exact) mass is 396 g/mol. The molecule has 0 radical (unpaired) electrons. The molecule has 0 aliphatic carbocycles. The Balaban J connectivity index is 1.90. The number of benzene rings is 3. The Hall–Kier alpha value is -2.79. The van der Waals surface area contributed by atoms with Gasteiger partial charge in [0.1, 0.15) is 16.2 Å². The topological polar surface area (TPSA) is 52.6 Å². The Morgan fingerprint density at radius 2 is 1.39 bits per heavy atom. The van der Waals surface area contributed by atoms with Gasteiger partial charge in [-0.05, 0) is 63.6 Å². The van der Waals surface area contributed by atoms with Crippen LogP contribution in [0.1, 0.15) is 26.3 Å². The lowest BCUT2D eigenvalue weighted by atomic mass is 10.0. The summed E-state index contributed by atoms with van der Waals surface area (Å²) in [6.45, 7) is 7.86. The van der Waals surface area contributed by atoms with Gasteiger partial charge in [0.2, 0.25) is 0 Å². The summed E-state index contributed by atoms with van der Waals surface area (Å²) in [4.78, 5) is 0.127. The minimum atomic E-state index is -3.92. The van der Waals surface area contributed by atoms with E-state index in [0.29, 0.717) is 5.56 Å². The Bertz CT molecular complexity index is 1050. The molecule has 0 bridgehead atoms. The third kappa shape index (κ3) is 4.93. The molecular weight excluding hydrogens is 372 g/mol. The van der Waals surface area contributed by atoms with Gasteiger partial charge in [-0.15, -0.1) is 0 Å². The number of para-hydroxylation sites is 1. The molecule has 0 N–H and O–H groups in total. The molecule has 0 atom stereocenters. The van der Waals surface area contributed by atoms with E-state index in [1.54, 1.807) is 36.4 Å². The van der Waals surface area contributed by atoms with Crippen LogP contribution in [0.15, 0.2) is 77.7 Å². The smallest absolute Gasteiger partial charge is 0.339 e. The van der Waals surface area contributed by atoms with Crippen LogP contribution in [0.4, 0.5) is 0 Å². The van der Waals surface area contributed by atoms with Gasteiger partial charge in [-0.3, -0.25) is 0 Å². The summed E-state index contributed by atoms with van der Waals surface area (Å²) in [6, 6.07) is 21.2. The largest absolute Gasteiger partial charge is 0.488 e. The van der Waals surface area contributed by atoms with E-state index >= 15 is 0 Å². The van der Waals surface area contributed by atoms with Crippen LogP contribution in [-0.4, -0.2) is 14.0 Å². The van der Waals surface area contributed by atoms with E-state index in [0.717, 1.165) is 16.9 Å². The first kappa shape index (κ1) is 20.0. The summed E-state index contributed by atoms with van der Waals surface area (Å²) in [5.74, 6) is 1.04. The first-order valence-corrected chi connectivity index (χ1v) is 10.4. The number of ether oxygens (including phenoxy) is 1. The van der Waals surface area contributed by atoms with Crippen molar-refractivity contribution in [3.8, 4) is 22.6 Å². The third-order valence-electron chi connectivity index (χ3n) is 3.99. The zero-order chi connectivity index (χ0) is 20.4. The van der Waals surface area contributed by atoms with Crippen molar-refractivity contribution in [1.29, 1.82) is 0 Å². The fraction of sp³-hybridized carbons (Fsp3) is 0.217. The van der Waals surface area contributed by atoms with Crippen LogP contribution in [0.25, 0.3) is 11.1 Å². The molecule has 3 aromatic carbocycles. The van der Waals surface area contributed by atoms with Gasteiger partial charge in [0.05, 0.1) is 0 Å². The van der Waals surface area contributed by atoms with Gasteiger partial charge in [0.25, 0.3) is 0 Å². The van der Waals surface area contributed by atoms with Gasteiger partial charge < -0.3 is 8.92 Å². The Morgan fingerprint density at radius 3 is 2.00 bits per heavy atom. The van der Waals surface area contributed by atoms with E-state index in [4.69, 9.17) is 8.92 Å². The molecule has 0 saturated carbocycles. The van der Waals surface area contributed by atoms with Gasteiger partial charge >= 0.3 is 10.1 Å². The average molecular weight is 397 g/mol. The molecule has 146 valence electrons. The van der Waals surface area contributed by atoms with Crippen molar-refractivity contribution < 1.29 is 17.3 Å². The molecular formula is C23H24O4S. The van der Waals surface area contributed by atoms with Crippen LogP contribution in [0.2, 0.25) is 0 Å². The summed E-state index contributed by atoms with van der Waals surface area (Å²) < 4.78 is 36.6. The quantitative estimate of drug-likeness (QED) is 0.526. The maximum absolute atomic E-state index is 12.7. The second kappa shape index (κ2) is 7.68. The number of aryl methyl sites for hydroxylation is 1. The molecule has 0 amide bonds. The standard InChI is InChI=1S/C23H24O4S/c1-17-9-15-20(16-10-17)28(24,25)27-22-8-6-5-7-21(22)18-11-13-19(14-12-18)26-23(2,3)4/h5-16H,1-4H3. The molecule has 0 unspecified atom stereocenters. The van der Waals surface area contributed by atoms with Crippen LogP contribution >= 0.6 is 0 Å². The maximum atomic E-state index is 12.7. The van der Waals surface area contributed by atoms with Gasteiger partial charge in [0.15, 0.2) is 5.75 Å². The molecule has 3 aromatic rings. The fourth-order valence-corrected chi connectivity index (χ4v) is 3.65. The molecule has 0 aliphatic rings. The van der Waals surface area contributed by atoms with Crippen LogP contribution in [0, 0.1) is 6.92 Å². The predicted molar refractivity (Wildman–Crippen MR) is 111 cm³/mol. The van der Waals surface area contributed by atoms with Crippen LogP contribution in [0.3, 0.4) is 0 Å². The Labute approximate surface area is 166 Å². The van der Waals surface area contributed by atoms with Gasteiger partial charge in [0, 0.05) is 5.56 Å². The second-order valence-electron chi connectivity index (χ2n) is 7.59. The summed E-state index contributed by atoms with van der Waals surface area (Å²) in [6.07, 6.45) is 0. The fourth-order valence-electron chi connectivity index (χ4n) is 2.71. The molecule has 28 heavy (non-hydrogen) atoms. The summed E-state index contributed by atoms with van der Waals surface area (Å²) >= 11 is 0. The molecule has 5 heteroatoms. The summed E-state index contributed by atoms with van der Waals surface area (Å²) in [7, 11) is -3.92. The maximum Gasteiger partial charge on any atom is 0.339 e. The normalized spacial score (nSPS) is 11.9.